The van der Waals surface area contributed by atoms with E-state index in [1.807, 2.05) is 54.6 Å². The molecule has 1 heterocycles. The summed E-state index contributed by atoms with van der Waals surface area (Å²) < 4.78 is 0. The molecule has 1 aliphatic heterocycles. The fraction of sp³-hybridized carbons (Fsp3) is 0.176. The van der Waals surface area contributed by atoms with Crippen LogP contribution < -0.4 is 10.6 Å². The average molecular weight is 312 g/mol. The summed E-state index contributed by atoms with van der Waals surface area (Å²) in [4.78, 5) is 26.7. The zero-order valence-electron chi connectivity index (χ0n) is 11.9. The second-order valence-corrected chi connectivity index (χ2v) is 6.40. The summed E-state index contributed by atoms with van der Waals surface area (Å²) in [5.74, 6) is -0.517. The standard InChI is InChI=1S/C17H16N2O2S/c18-16(20)10-15-17(21)19(11-12-6-2-1-3-7-12)13-8-4-5-9-14(13)22-15/h1-9,15H,10-11H2,(H2,18,20). The van der Waals surface area contributed by atoms with Gasteiger partial charge in [0, 0.05) is 11.3 Å². The Morgan fingerprint density at radius 2 is 1.77 bits per heavy atom. The molecular formula is C17H16N2O2S. The zero-order valence-corrected chi connectivity index (χ0v) is 12.8. The van der Waals surface area contributed by atoms with Crippen molar-refractivity contribution in [1.82, 2.24) is 0 Å². The van der Waals surface area contributed by atoms with Crippen molar-refractivity contribution in [2.45, 2.75) is 23.1 Å². The largest absolute Gasteiger partial charge is 0.370 e. The van der Waals surface area contributed by atoms with E-state index in [0.29, 0.717) is 6.54 Å². The van der Waals surface area contributed by atoms with Gasteiger partial charge in [-0.3, -0.25) is 9.59 Å². The molecule has 0 spiro atoms. The second kappa shape index (κ2) is 6.23. The van der Waals surface area contributed by atoms with Crippen molar-refractivity contribution < 1.29 is 9.59 Å². The quantitative estimate of drug-likeness (QED) is 0.943. The molecule has 0 fully saturated rings. The third-order valence-corrected chi connectivity index (χ3v) is 4.79. The van der Waals surface area contributed by atoms with Crippen LogP contribution in [0.5, 0.6) is 0 Å². The van der Waals surface area contributed by atoms with Gasteiger partial charge in [-0.05, 0) is 17.7 Å². The highest BCUT2D eigenvalue weighted by molar-refractivity contribution is 8.01. The molecule has 0 radical (unpaired) electrons. The zero-order chi connectivity index (χ0) is 15.5. The number of thioether (sulfide) groups is 1. The fourth-order valence-corrected chi connectivity index (χ4v) is 3.76. The Kier molecular flexibility index (Phi) is 4.15. The lowest BCUT2D eigenvalue weighted by molar-refractivity contribution is -0.123. The first-order valence-corrected chi connectivity index (χ1v) is 7.92. The van der Waals surface area contributed by atoms with E-state index in [4.69, 9.17) is 5.73 Å². The summed E-state index contributed by atoms with van der Waals surface area (Å²) in [6.07, 6.45) is 0.0587. The fourth-order valence-electron chi connectivity index (χ4n) is 2.52. The van der Waals surface area contributed by atoms with Gasteiger partial charge in [0.2, 0.25) is 11.8 Å². The number of nitrogens with zero attached hydrogens (tertiary/aromatic N) is 1. The number of nitrogens with two attached hydrogens (primary N) is 1. The van der Waals surface area contributed by atoms with Crippen molar-refractivity contribution in [3.05, 3.63) is 60.2 Å². The van der Waals surface area contributed by atoms with Crippen LogP contribution in [0.15, 0.2) is 59.5 Å². The molecule has 1 unspecified atom stereocenters. The first-order valence-electron chi connectivity index (χ1n) is 7.04. The van der Waals surface area contributed by atoms with Crippen LogP contribution in [0, 0.1) is 0 Å². The minimum Gasteiger partial charge on any atom is -0.370 e. The number of anilines is 1. The second-order valence-electron chi connectivity index (χ2n) is 5.15. The van der Waals surface area contributed by atoms with Crippen molar-refractivity contribution >= 4 is 29.3 Å². The van der Waals surface area contributed by atoms with E-state index >= 15 is 0 Å². The van der Waals surface area contributed by atoms with E-state index < -0.39 is 11.2 Å². The predicted octanol–water partition coefficient (Wildman–Crippen LogP) is 2.57. The van der Waals surface area contributed by atoms with Crippen molar-refractivity contribution in [1.29, 1.82) is 0 Å². The maximum atomic E-state index is 12.7. The molecule has 1 aliphatic rings. The van der Waals surface area contributed by atoms with E-state index in [9.17, 15) is 9.59 Å². The Morgan fingerprint density at radius 3 is 2.50 bits per heavy atom. The van der Waals surface area contributed by atoms with Crippen LogP contribution in [0.25, 0.3) is 0 Å². The average Bonchev–Trinajstić information content (AvgIpc) is 2.52. The highest BCUT2D eigenvalue weighted by atomic mass is 32.2. The number of carbonyl (C=O) groups excluding carboxylic acids is 2. The molecule has 0 aromatic heterocycles. The van der Waals surface area contributed by atoms with Gasteiger partial charge in [-0.15, -0.1) is 11.8 Å². The molecule has 4 nitrogen and oxygen atoms in total. The summed E-state index contributed by atoms with van der Waals surface area (Å²) in [6.45, 7) is 0.493. The van der Waals surface area contributed by atoms with Crippen LogP contribution in [0.2, 0.25) is 0 Å². The summed E-state index contributed by atoms with van der Waals surface area (Å²) in [6, 6.07) is 17.6. The van der Waals surface area contributed by atoms with Gasteiger partial charge >= 0.3 is 0 Å². The maximum absolute atomic E-state index is 12.7. The summed E-state index contributed by atoms with van der Waals surface area (Å²) in [5, 5.41) is -0.448. The molecule has 0 aliphatic carbocycles. The smallest absolute Gasteiger partial charge is 0.241 e. The van der Waals surface area contributed by atoms with Gasteiger partial charge < -0.3 is 10.6 Å². The lowest BCUT2D eigenvalue weighted by Gasteiger charge is -2.33. The molecule has 2 aromatic carbocycles. The third kappa shape index (κ3) is 2.99. The van der Waals surface area contributed by atoms with Gasteiger partial charge in [-0.25, -0.2) is 0 Å². The van der Waals surface area contributed by atoms with Crippen LogP contribution in [0.1, 0.15) is 12.0 Å². The van der Waals surface area contributed by atoms with Crippen molar-refractivity contribution in [2.24, 2.45) is 5.73 Å². The number of primary amides is 1. The number of fused-ring (bicyclic) bond motifs is 1. The van der Waals surface area contributed by atoms with E-state index in [-0.39, 0.29) is 12.3 Å². The van der Waals surface area contributed by atoms with E-state index in [0.717, 1.165) is 16.1 Å². The minimum atomic E-state index is -0.454. The monoisotopic (exact) mass is 312 g/mol. The topological polar surface area (TPSA) is 63.4 Å². The van der Waals surface area contributed by atoms with Gasteiger partial charge in [-0.2, -0.15) is 0 Å². The SMILES string of the molecule is NC(=O)CC1Sc2ccccc2N(Cc2ccccc2)C1=O. The summed E-state index contributed by atoms with van der Waals surface area (Å²) in [7, 11) is 0. The molecule has 2 N–H and O–H groups in total. The number of carbonyl (C=O) groups is 2. The Balaban J connectivity index is 1.94. The maximum Gasteiger partial charge on any atom is 0.241 e. The molecule has 2 aromatic rings. The Morgan fingerprint density at radius 1 is 1.09 bits per heavy atom. The Bertz CT molecular complexity index is 703. The van der Waals surface area contributed by atoms with Crippen LogP contribution in [0.4, 0.5) is 5.69 Å². The van der Waals surface area contributed by atoms with Crippen LogP contribution in [0.3, 0.4) is 0 Å². The van der Waals surface area contributed by atoms with Gasteiger partial charge in [-0.1, -0.05) is 42.5 Å². The number of rotatable bonds is 4. The molecule has 0 saturated heterocycles. The minimum absolute atomic E-state index is 0.0587. The van der Waals surface area contributed by atoms with Crippen LogP contribution in [-0.2, 0) is 16.1 Å². The first-order chi connectivity index (χ1) is 10.6. The van der Waals surface area contributed by atoms with Gasteiger partial charge in [0.25, 0.3) is 0 Å². The Labute approximate surface area is 133 Å². The molecule has 5 heteroatoms. The molecule has 22 heavy (non-hydrogen) atoms. The molecule has 0 saturated carbocycles. The molecule has 1 atom stereocenters. The highest BCUT2D eigenvalue weighted by Crippen LogP contribution is 2.40. The molecule has 3 rings (SSSR count). The summed E-state index contributed by atoms with van der Waals surface area (Å²) in [5.41, 5.74) is 7.22. The predicted molar refractivity (Wildman–Crippen MR) is 87.5 cm³/mol. The van der Waals surface area contributed by atoms with Gasteiger partial charge in [0.1, 0.15) is 0 Å². The first kappa shape index (κ1) is 14.7. The molecule has 112 valence electrons. The van der Waals surface area contributed by atoms with Gasteiger partial charge in [0.05, 0.1) is 17.5 Å². The van der Waals surface area contributed by atoms with Crippen molar-refractivity contribution in [3.8, 4) is 0 Å². The van der Waals surface area contributed by atoms with E-state index in [2.05, 4.69) is 0 Å². The van der Waals surface area contributed by atoms with Gasteiger partial charge in [0.15, 0.2) is 0 Å². The third-order valence-electron chi connectivity index (χ3n) is 3.54. The van der Waals surface area contributed by atoms with Crippen LogP contribution in [-0.4, -0.2) is 17.1 Å². The number of hydrogen-bond acceptors (Lipinski definition) is 3. The number of amides is 2. The van der Waals surface area contributed by atoms with E-state index in [1.165, 1.54) is 11.8 Å². The van der Waals surface area contributed by atoms with E-state index in [1.54, 1.807) is 4.90 Å². The van der Waals surface area contributed by atoms with Crippen molar-refractivity contribution in [2.75, 3.05) is 4.90 Å². The number of hydrogen-bond donors (Lipinski definition) is 1. The summed E-state index contributed by atoms with van der Waals surface area (Å²) >= 11 is 1.42. The lowest BCUT2D eigenvalue weighted by atomic mass is 10.1. The molecule has 2 amide bonds. The number of para-hydroxylation sites is 1. The van der Waals surface area contributed by atoms with Crippen molar-refractivity contribution in [3.63, 3.8) is 0 Å². The normalized spacial score (nSPS) is 17.2. The molecule has 0 bridgehead atoms. The van der Waals surface area contributed by atoms with Crippen LogP contribution >= 0.6 is 11.8 Å². The Hall–Kier alpha value is -2.27. The highest BCUT2D eigenvalue weighted by Gasteiger charge is 2.34. The lowest BCUT2D eigenvalue weighted by Crippen LogP contribution is -2.42. The number of benzene rings is 2. The molecular weight excluding hydrogens is 296 g/mol.